The van der Waals surface area contributed by atoms with Gasteiger partial charge in [-0.25, -0.2) is 0 Å². The van der Waals surface area contributed by atoms with Crippen molar-refractivity contribution in [2.24, 2.45) is 5.92 Å². The smallest absolute Gasteiger partial charge is 0.246 e. The summed E-state index contributed by atoms with van der Waals surface area (Å²) >= 11 is 11.9. The molecule has 33 heavy (non-hydrogen) atoms. The van der Waals surface area contributed by atoms with Crippen LogP contribution in [0.5, 0.6) is 0 Å². The van der Waals surface area contributed by atoms with Gasteiger partial charge >= 0.3 is 0 Å². The molecule has 2 aliphatic rings. The fourth-order valence-corrected chi connectivity index (χ4v) is 4.62. The minimum atomic E-state index is -0.467. The number of hydrogen-bond acceptors (Lipinski definition) is 5. The van der Waals surface area contributed by atoms with E-state index in [1.165, 1.54) is 6.08 Å². The molecule has 1 aromatic carbocycles. The van der Waals surface area contributed by atoms with E-state index in [4.69, 9.17) is 23.2 Å². The monoisotopic (exact) mass is 497 g/mol. The summed E-state index contributed by atoms with van der Waals surface area (Å²) in [7, 11) is 0. The molecule has 0 aliphatic carbocycles. The number of amides is 2. The van der Waals surface area contributed by atoms with Crippen LogP contribution >= 0.6 is 23.2 Å². The molecule has 2 atom stereocenters. The molecule has 7 nitrogen and oxygen atoms in total. The summed E-state index contributed by atoms with van der Waals surface area (Å²) in [6.07, 6.45) is 5.70. The molecule has 182 valence electrons. The van der Waals surface area contributed by atoms with E-state index >= 15 is 0 Å². The Hall–Kier alpha value is -1.64. The van der Waals surface area contributed by atoms with Crippen LogP contribution in [0.2, 0.25) is 10.0 Å². The summed E-state index contributed by atoms with van der Waals surface area (Å²) in [6.45, 7) is 4.53. The SMILES string of the molecule is O=C(C=Cc1ccc(Cl)c(Cl)c1)N1CCC(=O)N(CCCCN2CC[C@H](CO)[C@@H](O)C2)CC1. The molecular weight excluding hydrogens is 465 g/mol. The van der Waals surface area contributed by atoms with Crippen LogP contribution in [0.1, 0.15) is 31.2 Å². The summed E-state index contributed by atoms with van der Waals surface area (Å²) in [5.41, 5.74) is 0.790. The highest BCUT2D eigenvalue weighted by Crippen LogP contribution is 2.23. The van der Waals surface area contributed by atoms with Gasteiger partial charge in [-0.2, -0.15) is 0 Å². The van der Waals surface area contributed by atoms with Gasteiger partial charge in [0, 0.05) is 57.7 Å². The molecule has 3 rings (SSSR count). The first kappa shape index (κ1) is 26.0. The number of rotatable bonds is 8. The second-order valence-electron chi connectivity index (χ2n) is 8.77. The van der Waals surface area contributed by atoms with Crippen molar-refractivity contribution in [2.75, 3.05) is 52.4 Å². The molecule has 2 N–H and O–H groups in total. The fraction of sp³-hybridized carbons (Fsp3) is 0.583. The second kappa shape index (κ2) is 12.7. The maximum atomic E-state index is 12.6. The van der Waals surface area contributed by atoms with Gasteiger partial charge in [-0.1, -0.05) is 29.3 Å². The number of aliphatic hydroxyl groups is 2. The van der Waals surface area contributed by atoms with E-state index in [2.05, 4.69) is 4.90 Å². The van der Waals surface area contributed by atoms with E-state index in [9.17, 15) is 19.8 Å². The summed E-state index contributed by atoms with van der Waals surface area (Å²) in [5.74, 6) is -0.0565. The standard InChI is InChI=1S/C24H33Cl2N3O4/c25-20-5-3-18(15-21(20)26)4-6-23(32)29-12-8-24(33)28(13-14-29)10-2-1-9-27-11-7-19(17-30)22(31)16-27/h3-6,15,19,22,30-31H,1-2,7-14,16-17H2/t19-,22+/m1/s1. The third-order valence-corrected chi connectivity index (χ3v) is 7.19. The number of β-amino-alcohol motifs (C(OH)–C–C–N with tert-alkyl or cyclic N) is 1. The Balaban J connectivity index is 1.40. The van der Waals surface area contributed by atoms with E-state index in [0.717, 1.165) is 37.9 Å². The summed E-state index contributed by atoms with van der Waals surface area (Å²) in [5, 5.41) is 20.2. The Kier molecular flexibility index (Phi) is 10.0. The average Bonchev–Trinajstić information content (AvgIpc) is 2.99. The first-order chi connectivity index (χ1) is 15.9. The number of unbranched alkanes of at least 4 members (excludes halogenated alkanes) is 1. The summed E-state index contributed by atoms with van der Waals surface area (Å²) < 4.78 is 0. The predicted molar refractivity (Wildman–Crippen MR) is 130 cm³/mol. The number of halogens is 2. The predicted octanol–water partition coefficient (Wildman–Crippen LogP) is 2.52. The van der Waals surface area contributed by atoms with Crippen LogP contribution in [0.3, 0.4) is 0 Å². The number of carbonyl (C=O) groups is 2. The molecule has 2 fully saturated rings. The lowest BCUT2D eigenvalue weighted by molar-refractivity contribution is -0.130. The number of hydrogen-bond donors (Lipinski definition) is 2. The van der Waals surface area contributed by atoms with E-state index in [0.29, 0.717) is 49.2 Å². The topological polar surface area (TPSA) is 84.3 Å². The normalized spacial score (nSPS) is 22.7. The highest BCUT2D eigenvalue weighted by molar-refractivity contribution is 6.42. The number of benzene rings is 1. The molecule has 2 aliphatic heterocycles. The Labute approximate surface area is 205 Å². The highest BCUT2D eigenvalue weighted by Gasteiger charge is 2.27. The third-order valence-electron chi connectivity index (χ3n) is 6.45. The highest BCUT2D eigenvalue weighted by atomic mass is 35.5. The van der Waals surface area contributed by atoms with Gasteiger partial charge in [0.15, 0.2) is 0 Å². The van der Waals surface area contributed by atoms with Crippen molar-refractivity contribution in [1.29, 1.82) is 0 Å². The summed E-state index contributed by atoms with van der Waals surface area (Å²) in [6, 6.07) is 5.19. The van der Waals surface area contributed by atoms with Crippen molar-refractivity contribution in [3.8, 4) is 0 Å². The average molecular weight is 498 g/mol. The van der Waals surface area contributed by atoms with E-state index in [1.54, 1.807) is 29.2 Å². The van der Waals surface area contributed by atoms with Crippen LogP contribution < -0.4 is 0 Å². The van der Waals surface area contributed by atoms with Crippen LogP contribution in [0, 0.1) is 5.92 Å². The van der Waals surface area contributed by atoms with Gasteiger partial charge in [-0.05, 0) is 56.1 Å². The van der Waals surface area contributed by atoms with Crippen LogP contribution in [0.25, 0.3) is 6.08 Å². The molecule has 9 heteroatoms. The lowest BCUT2D eigenvalue weighted by atomic mass is 9.94. The number of piperidine rings is 1. The molecular formula is C24H33Cl2N3O4. The van der Waals surface area contributed by atoms with Gasteiger partial charge in [0.05, 0.1) is 16.1 Å². The number of nitrogens with zero attached hydrogens (tertiary/aromatic N) is 3. The van der Waals surface area contributed by atoms with Crippen molar-refractivity contribution in [2.45, 2.75) is 31.8 Å². The van der Waals surface area contributed by atoms with Crippen LogP contribution in [-0.4, -0.2) is 95.3 Å². The minimum absolute atomic E-state index is 0.0135. The van der Waals surface area contributed by atoms with Crippen molar-refractivity contribution in [1.82, 2.24) is 14.7 Å². The second-order valence-corrected chi connectivity index (χ2v) is 9.58. The molecule has 0 unspecified atom stereocenters. The fourth-order valence-electron chi connectivity index (χ4n) is 4.31. The first-order valence-electron chi connectivity index (χ1n) is 11.6. The van der Waals surface area contributed by atoms with E-state index in [-0.39, 0.29) is 24.3 Å². The van der Waals surface area contributed by atoms with Crippen molar-refractivity contribution >= 4 is 41.1 Å². The lowest BCUT2D eigenvalue weighted by Crippen LogP contribution is -2.45. The van der Waals surface area contributed by atoms with Crippen molar-refractivity contribution < 1.29 is 19.8 Å². The van der Waals surface area contributed by atoms with Gasteiger partial charge in [0.25, 0.3) is 0 Å². The molecule has 0 aromatic heterocycles. The molecule has 0 radical (unpaired) electrons. The zero-order valence-corrected chi connectivity index (χ0v) is 20.3. The molecule has 2 amide bonds. The zero-order valence-electron chi connectivity index (χ0n) is 18.8. The van der Waals surface area contributed by atoms with Gasteiger partial charge < -0.3 is 24.9 Å². The number of likely N-dealkylation sites (tertiary alicyclic amines) is 1. The number of carbonyl (C=O) groups excluding carboxylic acids is 2. The van der Waals surface area contributed by atoms with Crippen molar-refractivity contribution in [3.63, 3.8) is 0 Å². The van der Waals surface area contributed by atoms with Gasteiger partial charge in [0.1, 0.15) is 0 Å². The van der Waals surface area contributed by atoms with E-state index < -0.39 is 6.10 Å². The maximum Gasteiger partial charge on any atom is 0.246 e. The molecule has 0 spiro atoms. The summed E-state index contributed by atoms with van der Waals surface area (Å²) in [4.78, 5) is 30.9. The third kappa shape index (κ3) is 7.69. The quantitative estimate of drug-likeness (QED) is 0.425. The first-order valence-corrected chi connectivity index (χ1v) is 12.3. The number of aliphatic hydroxyl groups excluding tert-OH is 2. The molecule has 1 aromatic rings. The van der Waals surface area contributed by atoms with E-state index in [1.807, 2.05) is 4.90 Å². The largest absolute Gasteiger partial charge is 0.396 e. The van der Waals surface area contributed by atoms with Crippen LogP contribution in [-0.2, 0) is 9.59 Å². The zero-order chi connectivity index (χ0) is 23.8. The van der Waals surface area contributed by atoms with Crippen molar-refractivity contribution in [3.05, 3.63) is 39.9 Å². The van der Waals surface area contributed by atoms with Gasteiger partial charge in [-0.3, -0.25) is 9.59 Å². The molecule has 0 bridgehead atoms. The Morgan fingerprint density at radius 1 is 1.09 bits per heavy atom. The molecule has 2 saturated heterocycles. The van der Waals surface area contributed by atoms with Crippen LogP contribution in [0.4, 0.5) is 0 Å². The van der Waals surface area contributed by atoms with Gasteiger partial charge in [-0.15, -0.1) is 0 Å². The Morgan fingerprint density at radius 2 is 1.88 bits per heavy atom. The molecule has 2 heterocycles. The lowest BCUT2D eigenvalue weighted by Gasteiger charge is -2.35. The van der Waals surface area contributed by atoms with Crippen LogP contribution in [0.15, 0.2) is 24.3 Å². The maximum absolute atomic E-state index is 12.6. The Bertz CT molecular complexity index is 851. The van der Waals surface area contributed by atoms with Gasteiger partial charge in [0.2, 0.25) is 11.8 Å². The molecule has 0 saturated carbocycles. The Morgan fingerprint density at radius 3 is 2.61 bits per heavy atom. The minimum Gasteiger partial charge on any atom is -0.396 e.